The third kappa shape index (κ3) is 1.46. The van der Waals surface area contributed by atoms with Crippen LogP contribution in [0.2, 0.25) is 0 Å². The first kappa shape index (κ1) is 11.5. The van der Waals surface area contributed by atoms with Crippen LogP contribution in [-0.2, 0) is 12.7 Å². The number of nitrogens with zero attached hydrogens (tertiary/aromatic N) is 3. The third-order valence-corrected chi connectivity index (χ3v) is 3.46. The summed E-state index contributed by atoms with van der Waals surface area (Å²) in [5.74, 6) is 0. The van der Waals surface area contributed by atoms with E-state index in [9.17, 15) is 14.4 Å². The Morgan fingerprint density at radius 2 is 2.00 bits per heavy atom. The van der Waals surface area contributed by atoms with Crippen molar-refractivity contribution >= 4 is 10.8 Å². The summed E-state index contributed by atoms with van der Waals surface area (Å²) in [7, 11) is 1.41. The number of H-pyrrole nitrogens is 1. The quantitative estimate of drug-likeness (QED) is 0.716. The molecule has 0 radical (unpaired) electrons. The van der Waals surface area contributed by atoms with Crippen LogP contribution in [-0.4, -0.2) is 14.3 Å². The molecule has 2 heterocycles. The second-order valence-corrected chi connectivity index (χ2v) is 4.71. The Bertz CT molecular complexity index is 906. The topological polar surface area (TPSA) is 81.2 Å². The van der Waals surface area contributed by atoms with Gasteiger partial charge >= 0.3 is 5.66 Å². The van der Waals surface area contributed by atoms with E-state index in [0.717, 1.165) is 10.7 Å². The van der Waals surface area contributed by atoms with Gasteiger partial charge in [0.15, 0.2) is 0 Å². The first-order valence-electron chi connectivity index (χ1n) is 5.73. The molecule has 3 rings (SSSR count). The molecule has 96 valence electrons. The highest BCUT2D eigenvalue weighted by Gasteiger charge is 2.53. The van der Waals surface area contributed by atoms with Crippen molar-refractivity contribution in [2.45, 2.75) is 18.5 Å². The molecule has 0 aliphatic heterocycles. The monoisotopic (exact) mass is 258 g/mol. The van der Waals surface area contributed by atoms with E-state index in [1.165, 1.54) is 17.8 Å². The maximum Gasteiger partial charge on any atom is 0.314 e. The predicted molar refractivity (Wildman–Crippen MR) is 67.9 cm³/mol. The maximum absolute atomic E-state index is 12.0. The molecule has 1 N–H and O–H groups in total. The fourth-order valence-corrected chi connectivity index (χ4v) is 2.18. The number of aryl methyl sites for hydroxylation is 1. The molecule has 2 aromatic heterocycles. The van der Waals surface area contributed by atoms with Crippen LogP contribution >= 0.6 is 0 Å². The predicted octanol–water partition coefficient (Wildman–Crippen LogP) is -0.246. The largest absolute Gasteiger partial charge is 0.314 e. The van der Waals surface area contributed by atoms with Gasteiger partial charge in [0, 0.05) is 19.3 Å². The number of aromatic nitrogens is 3. The van der Waals surface area contributed by atoms with Crippen LogP contribution in [0.15, 0.2) is 26.6 Å². The number of pyridine rings is 1. The number of fused-ring (bicyclic) bond motifs is 1. The van der Waals surface area contributed by atoms with Crippen molar-refractivity contribution in [2.24, 2.45) is 7.05 Å². The summed E-state index contributed by atoms with van der Waals surface area (Å²) < 4.78 is 2.30. The first-order valence-corrected chi connectivity index (χ1v) is 5.73. The molecular formula is C12H10N4O3. The zero-order valence-electron chi connectivity index (χ0n) is 10.1. The summed E-state index contributed by atoms with van der Waals surface area (Å²) in [5, 5.41) is 2.59. The lowest BCUT2D eigenvalue weighted by Crippen LogP contribution is -2.33. The molecule has 1 saturated carbocycles. The molecule has 2 aromatic rings. The summed E-state index contributed by atoms with van der Waals surface area (Å²) in [6.45, 7) is 7.15. The van der Waals surface area contributed by atoms with Gasteiger partial charge in [-0.25, -0.2) is 11.1 Å². The highest BCUT2D eigenvalue weighted by Crippen LogP contribution is 2.43. The molecule has 7 heteroatoms. The molecule has 0 bridgehead atoms. The zero-order valence-corrected chi connectivity index (χ0v) is 10.1. The molecule has 0 spiro atoms. The average molecular weight is 258 g/mol. The van der Waals surface area contributed by atoms with E-state index in [1.54, 1.807) is 0 Å². The summed E-state index contributed by atoms with van der Waals surface area (Å²) in [5.41, 5.74) is -2.18. The Morgan fingerprint density at radius 1 is 1.32 bits per heavy atom. The standard InChI is InChI=1S/C12H10N4O3/c1-13-12(3-4-12)16-6-8-7(5-9(16)17)11(19)15(2)14-10(8)18/h5-6H,3-4H2,2H3,(H,14,18). The fourth-order valence-electron chi connectivity index (χ4n) is 2.18. The van der Waals surface area contributed by atoms with Crippen molar-refractivity contribution in [1.29, 1.82) is 0 Å². The second-order valence-electron chi connectivity index (χ2n) is 4.71. The summed E-state index contributed by atoms with van der Waals surface area (Å²) >= 11 is 0. The minimum atomic E-state index is -0.862. The van der Waals surface area contributed by atoms with Crippen molar-refractivity contribution < 1.29 is 0 Å². The summed E-state index contributed by atoms with van der Waals surface area (Å²) in [6, 6.07) is 1.14. The molecule has 1 fully saturated rings. The maximum atomic E-state index is 12.0. The lowest BCUT2D eigenvalue weighted by Gasteiger charge is -2.08. The van der Waals surface area contributed by atoms with Gasteiger partial charge in [-0.15, -0.1) is 0 Å². The van der Waals surface area contributed by atoms with E-state index in [0.29, 0.717) is 12.8 Å². The van der Waals surface area contributed by atoms with Gasteiger partial charge in [-0.05, 0) is 0 Å². The van der Waals surface area contributed by atoms with Gasteiger partial charge in [0.25, 0.3) is 16.7 Å². The number of hydrogen-bond donors (Lipinski definition) is 1. The first-order chi connectivity index (χ1) is 8.98. The van der Waals surface area contributed by atoms with E-state index < -0.39 is 22.3 Å². The molecule has 1 aliphatic carbocycles. The SMILES string of the molecule is [C-]#[N+]C1(n2cc3c(=O)[nH]n(C)c(=O)c3cc2=O)CC1. The van der Waals surface area contributed by atoms with Crippen LogP contribution in [0.4, 0.5) is 0 Å². The van der Waals surface area contributed by atoms with Crippen LogP contribution in [0, 0.1) is 6.57 Å². The van der Waals surface area contributed by atoms with E-state index in [1.807, 2.05) is 0 Å². The Kier molecular flexibility index (Phi) is 2.08. The van der Waals surface area contributed by atoms with Gasteiger partial charge in [0.1, 0.15) is 0 Å². The number of rotatable bonds is 1. The van der Waals surface area contributed by atoms with Crippen LogP contribution < -0.4 is 16.7 Å². The van der Waals surface area contributed by atoms with Crippen LogP contribution in [0.25, 0.3) is 15.6 Å². The minimum Gasteiger partial charge on any atom is -0.286 e. The highest BCUT2D eigenvalue weighted by atomic mass is 16.2. The van der Waals surface area contributed by atoms with Crippen molar-refractivity contribution in [1.82, 2.24) is 14.3 Å². The van der Waals surface area contributed by atoms with E-state index in [4.69, 9.17) is 6.57 Å². The third-order valence-electron chi connectivity index (χ3n) is 3.46. The molecule has 1 aliphatic rings. The van der Waals surface area contributed by atoms with E-state index in [-0.39, 0.29) is 10.8 Å². The number of aromatic amines is 1. The van der Waals surface area contributed by atoms with Gasteiger partial charge < -0.3 is 0 Å². The highest BCUT2D eigenvalue weighted by molar-refractivity contribution is 5.79. The smallest absolute Gasteiger partial charge is 0.286 e. The molecule has 0 aromatic carbocycles. The molecule has 19 heavy (non-hydrogen) atoms. The van der Waals surface area contributed by atoms with Gasteiger partial charge in [0.2, 0.25) is 0 Å². The van der Waals surface area contributed by atoms with E-state index in [2.05, 4.69) is 9.94 Å². The van der Waals surface area contributed by atoms with Crippen LogP contribution in [0.1, 0.15) is 12.8 Å². The minimum absolute atomic E-state index is 0.0771. The molecule has 0 saturated heterocycles. The Morgan fingerprint density at radius 3 is 2.58 bits per heavy atom. The van der Waals surface area contributed by atoms with Gasteiger partial charge in [0.05, 0.1) is 23.6 Å². The van der Waals surface area contributed by atoms with Gasteiger partial charge in [-0.1, -0.05) is 0 Å². The molecular weight excluding hydrogens is 248 g/mol. The van der Waals surface area contributed by atoms with Crippen LogP contribution in [0.5, 0.6) is 0 Å². The average Bonchev–Trinajstić information content (AvgIpc) is 3.16. The summed E-state index contributed by atoms with van der Waals surface area (Å²) in [6.07, 6.45) is 2.50. The zero-order chi connectivity index (χ0) is 13.8. The Hall–Kier alpha value is -2.62. The lowest BCUT2D eigenvalue weighted by atomic mass is 10.2. The Labute approximate surface area is 106 Å². The normalized spacial score (nSPS) is 16.2. The van der Waals surface area contributed by atoms with Crippen molar-refractivity contribution in [3.05, 3.63) is 54.7 Å². The second kappa shape index (κ2) is 3.45. The lowest BCUT2D eigenvalue weighted by molar-refractivity contribution is 0.570. The van der Waals surface area contributed by atoms with E-state index >= 15 is 0 Å². The van der Waals surface area contributed by atoms with Gasteiger partial charge in [-0.2, -0.15) is 0 Å². The summed E-state index contributed by atoms with van der Waals surface area (Å²) in [4.78, 5) is 39.2. The number of nitrogens with one attached hydrogen (secondary N) is 1. The van der Waals surface area contributed by atoms with Crippen LogP contribution in [0.3, 0.4) is 0 Å². The molecule has 0 atom stereocenters. The molecule has 0 unspecified atom stereocenters. The number of hydrogen-bond acceptors (Lipinski definition) is 3. The fraction of sp³-hybridized carbons (Fsp3) is 0.333. The Balaban J connectivity index is 2.47. The van der Waals surface area contributed by atoms with Gasteiger partial charge in [-0.3, -0.25) is 29.0 Å². The van der Waals surface area contributed by atoms with Crippen molar-refractivity contribution in [3.8, 4) is 0 Å². The van der Waals surface area contributed by atoms with Crippen molar-refractivity contribution in [3.63, 3.8) is 0 Å². The molecule has 0 amide bonds. The van der Waals surface area contributed by atoms with Crippen molar-refractivity contribution in [2.75, 3.05) is 0 Å². The molecule has 7 nitrogen and oxygen atoms in total.